The largest absolute Gasteiger partial charge is 3.00 e. The zero-order valence-corrected chi connectivity index (χ0v) is 9.92. The van der Waals surface area contributed by atoms with Gasteiger partial charge in [-0.05, 0) is 12.6 Å². The quantitative estimate of drug-likeness (QED) is 0.234. The molecule has 0 atom stereocenters. The Morgan fingerprint density at radius 3 is 1.67 bits per heavy atom. The Kier molecular flexibility index (Phi) is 25.0. The summed E-state index contributed by atoms with van der Waals surface area (Å²) >= 11 is 0. The number of rotatable bonds is 1. The summed E-state index contributed by atoms with van der Waals surface area (Å²) < 4.78 is 0. The number of hydrogen-bond acceptors (Lipinski definition) is 3. The molecular weight excluding hydrogens is 243 g/mol. The molecule has 0 aliphatic heterocycles. The zero-order valence-electron chi connectivity index (χ0n) is 8.18. The van der Waals surface area contributed by atoms with Crippen LogP contribution in [0.2, 0.25) is 0 Å². The van der Waals surface area contributed by atoms with E-state index in [2.05, 4.69) is 22.6 Å². The zero-order chi connectivity index (χ0) is 8.62. The fourth-order valence-corrected chi connectivity index (χ4v) is 0.179. The normalized spacial score (nSPS) is 8.67. The third-order valence-corrected chi connectivity index (χ3v) is 0.434. The summed E-state index contributed by atoms with van der Waals surface area (Å²) in [7, 11) is 1.61. The molecule has 1 radical (unpaired) electrons. The topological polar surface area (TPSA) is 55.9 Å². The van der Waals surface area contributed by atoms with Crippen LogP contribution in [0.5, 0.6) is 0 Å². The molecule has 73 valence electrons. The summed E-state index contributed by atoms with van der Waals surface area (Å²) in [6, 6.07) is 0. The van der Waals surface area contributed by atoms with E-state index in [1.54, 1.807) is 7.05 Å². The van der Waals surface area contributed by atoms with Gasteiger partial charge in [-0.3, -0.25) is 12.0 Å². The minimum atomic E-state index is -0.0838. The van der Waals surface area contributed by atoms with Crippen LogP contribution in [0.4, 0.5) is 0 Å². The molecule has 0 heterocycles. The predicted molar refractivity (Wildman–Crippen MR) is 47.1 cm³/mol. The Bertz CT molecular complexity index is 101. The molecule has 0 aliphatic rings. The predicted octanol–water partition coefficient (Wildman–Crippen LogP) is 2.33. The number of nitrogens with zero attached hydrogens (tertiary/aromatic N) is 3. The van der Waals surface area contributed by atoms with Gasteiger partial charge < -0.3 is 22.8 Å². The van der Waals surface area contributed by atoms with Crippen LogP contribution >= 0.6 is 0 Å². The molecule has 0 N–H and O–H groups in total. The van der Waals surface area contributed by atoms with Crippen molar-refractivity contribution < 1.29 is 24.3 Å². The fourth-order valence-electron chi connectivity index (χ4n) is 0.179. The molecule has 0 aromatic carbocycles. The van der Waals surface area contributed by atoms with E-state index < -0.39 is 0 Å². The molecule has 5 heteroatoms. The molecule has 0 spiro atoms. The second-order valence-electron chi connectivity index (χ2n) is 2.56. The van der Waals surface area contributed by atoms with Crippen LogP contribution in [0.15, 0.2) is 10.3 Å². The van der Waals surface area contributed by atoms with Crippen LogP contribution in [0.3, 0.4) is 0 Å². The average molecular weight is 259 g/mol. The molecule has 0 bridgehead atoms. The van der Waals surface area contributed by atoms with E-state index in [4.69, 9.17) is 4.79 Å². The molecule has 0 rings (SSSR count). The second-order valence-corrected chi connectivity index (χ2v) is 2.56. The van der Waals surface area contributed by atoms with E-state index in [9.17, 15) is 0 Å². The van der Waals surface area contributed by atoms with Crippen molar-refractivity contribution in [3.05, 3.63) is 12.9 Å². The van der Waals surface area contributed by atoms with Gasteiger partial charge in [-0.1, -0.05) is 20.8 Å². The summed E-state index contributed by atoms with van der Waals surface area (Å²) in [5, 5.41) is 7.33. The second kappa shape index (κ2) is 13.3. The standard InChI is InChI=1S/C5H12N3.CHO.CH3.Ru/c1-5(2,3)7-8-6-4;1-2;;/h1-4H3;1H;1H3;/q3*-1;+3. The fraction of sp³-hybridized carbons (Fsp3) is 0.714. The molecule has 0 aliphatic carbocycles. The minimum absolute atomic E-state index is 0. The van der Waals surface area contributed by atoms with Gasteiger partial charge in [-0.2, -0.15) is 0 Å². The first kappa shape index (κ1) is 22.6. The first-order valence-electron chi connectivity index (χ1n) is 2.81. The van der Waals surface area contributed by atoms with Gasteiger partial charge in [-0.25, -0.2) is 0 Å². The molecule has 0 fully saturated rings. The number of carbonyl (C=O) groups excluding carboxylic acids is 1. The van der Waals surface area contributed by atoms with Crippen LogP contribution in [0.25, 0.3) is 5.43 Å². The van der Waals surface area contributed by atoms with Crippen LogP contribution < -0.4 is 0 Å². The molecule has 0 saturated carbocycles. The van der Waals surface area contributed by atoms with Gasteiger partial charge in [-0.15, -0.1) is 0 Å². The van der Waals surface area contributed by atoms with Crippen molar-refractivity contribution in [3.63, 3.8) is 0 Å². The van der Waals surface area contributed by atoms with Crippen molar-refractivity contribution in [1.29, 1.82) is 0 Å². The Hall–Kier alpha value is -0.307. The monoisotopic (exact) mass is 260 g/mol. The van der Waals surface area contributed by atoms with Crippen molar-refractivity contribution >= 4 is 6.79 Å². The van der Waals surface area contributed by atoms with Gasteiger partial charge in [0.2, 0.25) is 0 Å². The average Bonchev–Trinajstić information content (AvgIpc) is 1.87. The summed E-state index contributed by atoms with van der Waals surface area (Å²) in [6.07, 6.45) is 0. The smallest absolute Gasteiger partial charge is 0.545 e. The van der Waals surface area contributed by atoms with Crippen molar-refractivity contribution in [2.45, 2.75) is 26.3 Å². The van der Waals surface area contributed by atoms with Gasteiger partial charge in [0, 0.05) is 0 Å². The molecule has 0 unspecified atom stereocenters. The SMILES string of the molecule is C[N-]N=NC(C)(C)C.[CH-]=O.[CH3-].[Ru+3]. The van der Waals surface area contributed by atoms with Gasteiger partial charge >= 0.3 is 19.5 Å². The maximum atomic E-state index is 7.75. The first-order valence-corrected chi connectivity index (χ1v) is 2.81. The van der Waals surface area contributed by atoms with E-state index in [0.717, 1.165) is 0 Å². The van der Waals surface area contributed by atoms with Crippen LogP contribution in [0, 0.1) is 7.43 Å². The van der Waals surface area contributed by atoms with Crippen molar-refractivity contribution in [3.8, 4) is 0 Å². The molecule has 0 aromatic heterocycles. The van der Waals surface area contributed by atoms with Gasteiger partial charge in [0.05, 0.1) is 0 Å². The van der Waals surface area contributed by atoms with E-state index in [1.165, 1.54) is 0 Å². The van der Waals surface area contributed by atoms with Gasteiger partial charge in [0.25, 0.3) is 0 Å². The Morgan fingerprint density at radius 1 is 1.25 bits per heavy atom. The maximum absolute atomic E-state index is 7.75. The van der Waals surface area contributed by atoms with Crippen LogP contribution in [0.1, 0.15) is 20.8 Å². The number of hydrogen-bond donors (Lipinski definition) is 0. The summed E-state index contributed by atoms with van der Waals surface area (Å²) in [5.74, 6) is 0. The van der Waals surface area contributed by atoms with E-state index >= 15 is 0 Å². The molecular formula is C7H16N3ORu. The van der Waals surface area contributed by atoms with E-state index in [1.807, 2.05) is 20.8 Å². The van der Waals surface area contributed by atoms with Crippen molar-refractivity contribution in [2.24, 2.45) is 10.3 Å². The maximum Gasteiger partial charge on any atom is 3.00 e. The third kappa shape index (κ3) is 33.3. The van der Waals surface area contributed by atoms with Gasteiger partial charge in [0.15, 0.2) is 0 Å². The first-order chi connectivity index (χ1) is 4.56. The molecule has 4 nitrogen and oxygen atoms in total. The van der Waals surface area contributed by atoms with E-state index in [0.29, 0.717) is 0 Å². The van der Waals surface area contributed by atoms with Crippen LogP contribution in [-0.2, 0) is 24.3 Å². The Morgan fingerprint density at radius 2 is 1.58 bits per heavy atom. The van der Waals surface area contributed by atoms with Crippen molar-refractivity contribution in [2.75, 3.05) is 7.05 Å². The summed E-state index contributed by atoms with van der Waals surface area (Å²) in [6.45, 7) is 9.17. The Balaban J connectivity index is -0.0000000740. The molecule has 12 heavy (non-hydrogen) atoms. The van der Waals surface area contributed by atoms with E-state index in [-0.39, 0.29) is 32.4 Å². The molecule has 0 amide bonds. The van der Waals surface area contributed by atoms with Crippen LogP contribution in [-0.4, -0.2) is 19.4 Å². The van der Waals surface area contributed by atoms with Crippen molar-refractivity contribution in [1.82, 2.24) is 0 Å². The summed E-state index contributed by atoms with van der Waals surface area (Å²) in [5.41, 5.74) is 3.40. The summed E-state index contributed by atoms with van der Waals surface area (Å²) in [4.78, 5) is 7.75. The van der Waals surface area contributed by atoms with Gasteiger partial charge in [0.1, 0.15) is 0 Å². The minimum Gasteiger partial charge on any atom is -0.545 e. The molecule has 0 aromatic rings. The third-order valence-electron chi connectivity index (χ3n) is 0.434. The molecule has 0 saturated heterocycles. The Labute approximate surface area is 88.0 Å².